The highest BCUT2D eigenvalue weighted by molar-refractivity contribution is 7.80. The second-order valence-electron chi connectivity index (χ2n) is 9.04. The zero-order chi connectivity index (χ0) is 25.8. The molecule has 0 spiro atoms. The first-order chi connectivity index (χ1) is 17.0. The molecule has 1 aliphatic heterocycles. The highest BCUT2D eigenvalue weighted by Crippen LogP contribution is 2.55. The molecule has 11 heteroatoms. The van der Waals surface area contributed by atoms with Crippen LogP contribution in [0, 0.1) is 5.82 Å². The van der Waals surface area contributed by atoms with Crippen molar-refractivity contribution in [1.29, 1.82) is 0 Å². The van der Waals surface area contributed by atoms with E-state index in [9.17, 15) is 9.90 Å². The van der Waals surface area contributed by atoms with E-state index in [0.29, 0.717) is 50.3 Å². The molecule has 0 unspecified atom stereocenters. The predicted molar refractivity (Wildman–Crippen MR) is 147 cm³/mol. The van der Waals surface area contributed by atoms with Crippen molar-refractivity contribution in [3.8, 4) is 16.3 Å². The molecule has 0 saturated carbocycles. The Balaban J connectivity index is 1.68. The van der Waals surface area contributed by atoms with Crippen molar-refractivity contribution < 1.29 is 14.3 Å². The summed E-state index contributed by atoms with van der Waals surface area (Å²) in [6, 6.07) is 13.0. The van der Waals surface area contributed by atoms with Crippen molar-refractivity contribution in [2.75, 3.05) is 16.8 Å². The number of amides is 2. The second kappa shape index (κ2) is 8.88. The van der Waals surface area contributed by atoms with E-state index in [1.165, 1.54) is 11.3 Å². The van der Waals surface area contributed by atoms with Crippen molar-refractivity contribution >= 4 is 73.6 Å². The predicted octanol–water partition coefficient (Wildman–Crippen LogP) is 6.26. The van der Waals surface area contributed by atoms with E-state index >= 15 is 4.39 Å². The number of nitrogens with zero attached hydrogens (tertiary/aromatic N) is 2. The lowest BCUT2D eigenvalue weighted by atomic mass is 9.83. The van der Waals surface area contributed by atoms with Gasteiger partial charge in [0.05, 0.1) is 32.8 Å². The third kappa shape index (κ3) is 4.21. The van der Waals surface area contributed by atoms with Crippen LogP contribution in [0.15, 0.2) is 48.5 Å². The molecule has 5 N–H and O–H groups in total. The highest BCUT2D eigenvalue weighted by Gasteiger charge is 2.42. The number of rotatable bonds is 3. The minimum atomic E-state index is -0.592. The molecule has 1 aromatic heterocycles. The van der Waals surface area contributed by atoms with Crippen molar-refractivity contribution in [2.45, 2.75) is 19.3 Å². The molecule has 2 amide bonds. The van der Waals surface area contributed by atoms with Gasteiger partial charge in [0, 0.05) is 28.6 Å². The summed E-state index contributed by atoms with van der Waals surface area (Å²) in [4.78, 5) is 18.8. The molecule has 36 heavy (non-hydrogen) atoms. The average Bonchev–Trinajstić information content (AvgIpc) is 3.31. The van der Waals surface area contributed by atoms with Gasteiger partial charge in [0.1, 0.15) is 16.6 Å². The summed E-state index contributed by atoms with van der Waals surface area (Å²) in [5.74, 6) is -0.767. The summed E-state index contributed by atoms with van der Waals surface area (Å²) >= 11 is 12.2. The van der Waals surface area contributed by atoms with E-state index in [2.05, 4.69) is 15.6 Å². The summed E-state index contributed by atoms with van der Waals surface area (Å²) in [6.45, 7) is 4.38. The molecule has 4 aromatic rings. The van der Waals surface area contributed by atoms with Gasteiger partial charge in [0.2, 0.25) is 0 Å². The van der Waals surface area contributed by atoms with Gasteiger partial charge in [-0.1, -0.05) is 37.6 Å². The number of phenols is 1. The Morgan fingerprint density at radius 1 is 1.28 bits per heavy atom. The number of halogens is 2. The lowest BCUT2D eigenvalue weighted by Gasteiger charge is -2.25. The SMILES string of the molecule is CC1(C)CN(c2ccccc2NC(=O)NC(N)=S)c2c(O)cc(F)c(-c3nc4cc(Cl)ccc4s3)c21. The van der Waals surface area contributed by atoms with E-state index in [1.807, 2.05) is 36.9 Å². The van der Waals surface area contributed by atoms with E-state index in [4.69, 9.17) is 29.6 Å². The smallest absolute Gasteiger partial charge is 0.325 e. The van der Waals surface area contributed by atoms with Gasteiger partial charge in [-0.05, 0) is 42.5 Å². The Labute approximate surface area is 220 Å². The van der Waals surface area contributed by atoms with Crippen LogP contribution in [-0.4, -0.2) is 27.8 Å². The largest absolute Gasteiger partial charge is 0.506 e. The number of nitrogens with two attached hydrogens (primary N) is 1. The number of urea groups is 1. The Morgan fingerprint density at radius 2 is 2.03 bits per heavy atom. The van der Waals surface area contributed by atoms with Crippen LogP contribution >= 0.6 is 35.2 Å². The minimum Gasteiger partial charge on any atom is -0.506 e. The van der Waals surface area contributed by atoms with Crippen LogP contribution in [0.1, 0.15) is 19.4 Å². The van der Waals surface area contributed by atoms with Crippen molar-refractivity contribution in [2.24, 2.45) is 5.73 Å². The number of aromatic nitrogens is 1. The molecular weight excluding hydrogens is 521 g/mol. The standard InChI is InChI=1S/C25H21ClFN5O2S2/c1-25(2)11-32(16-6-4-3-5-14(16)30-24(34)31-23(28)35)21-17(33)10-13(27)19(20(21)25)22-29-15-9-12(26)7-8-18(15)36-22/h3-10,33H,11H2,1-2H3,(H4,28,30,31,34,35). The Hall–Kier alpha value is -3.47. The summed E-state index contributed by atoms with van der Waals surface area (Å²) in [7, 11) is 0. The number of hydrogen-bond acceptors (Lipinski definition) is 6. The Kier molecular flexibility index (Phi) is 5.98. The summed E-state index contributed by atoms with van der Waals surface area (Å²) in [6.07, 6.45) is 0. The molecule has 1 aliphatic rings. The molecule has 0 fully saturated rings. The number of carbonyl (C=O) groups is 1. The average molecular weight is 542 g/mol. The number of anilines is 3. The molecule has 0 atom stereocenters. The van der Waals surface area contributed by atoms with Crippen LogP contribution < -0.4 is 21.3 Å². The molecule has 0 aliphatic carbocycles. The maximum absolute atomic E-state index is 15.5. The van der Waals surface area contributed by atoms with E-state index < -0.39 is 17.3 Å². The molecule has 184 valence electrons. The van der Waals surface area contributed by atoms with Gasteiger partial charge in [0.15, 0.2) is 5.11 Å². The first-order valence-electron chi connectivity index (χ1n) is 10.9. The van der Waals surface area contributed by atoms with Crippen LogP contribution in [0.25, 0.3) is 20.8 Å². The van der Waals surface area contributed by atoms with Crippen molar-refractivity contribution in [3.05, 3.63) is 64.9 Å². The van der Waals surface area contributed by atoms with Gasteiger partial charge in [-0.15, -0.1) is 11.3 Å². The Bertz CT molecular complexity index is 1560. The topological polar surface area (TPSA) is 104 Å². The molecular formula is C25H21ClFN5O2S2. The summed E-state index contributed by atoms with van der Waals surface area (Å²) in [5.41, 5.74) is 8.03. The van der Waals surface area contributed by atoms with Gasteiger partial charge >= 0.3 is 6.03 Å². The third-order valence-electron chi connectivity index (χ3n) is 5.98. The van der Waals surface area contributed by atoms with Crippen LogP contribution in [0.3, 0.4) is 0 Å². The van der Waals surface area contributed by atoms with Crippen molar-refractivity contribution in [1.82, 2.24) is 10.3 Å². The molecule has 0 saturated heterocycles. The molecule has 3 aromatic carbocycles. The molecule has 7 nitrogen and oxygen atoms in total. The summed E-state index contributed by atoms with van der Waals surface area (Å²) in [5, 5.41) is 16.9. The van der Waals surface area contributed by atoms with Gasteiger partial charge in [0.25, 0.3) is 0 Å². The number of para-hydroxylation sites is 2. The normalized spacial score (nSPS) is 14.1. The molecule has 0 bridgehead atoms. The van der Waals surface area contributed by atoms with Crippen LogP contribution in [-0.2, 0) is 5.41 Å². The number of thiazole rings is 1. The third-order valence-corrected chi connectivity index (χ3v) is 7.37. The van der Waals surface area contributed by atoms with Crippen molar-refractivity contribution in [3.63, 3.8) is 0 Å². The van der Waals surface area contributed by atoms with Gasteiger partial charge in [-0.2, -0.15) is 0 Å². The molecule has 2 heterocycles. The van der Waals surface area contributed by atoms with E-state index in [0.717, 1.165) is 10.8 Å². The zero-order valence-corrected chi connectivity index (χ0v) is 21.6. The lowest BCUT2D eigenvalue weighted by Crippen LogP contribution is -2.38. The number of phenolic OH excluding ortho intramolecular Hbond substituents is 1. The molecule has 5 rings (SSSR count). The number of nitrogens with one attached hydrogen (secondary N) is 2. The summed E-state index contributed by atoms with van der Waals surface area (Å²) < 4.78 is 16.4. The zero-order valence-electron chi connectivity index (χ0n) is 19.2. The van der Waals surface area contributed by atoms with Crippen LogP contribution in [0.5, 0.6) is 5.75 Å². The minimum absolute atomic E-state index is 0.160. The maximum Gasteiger partial charge on any atom is 0.325 e. The van der Waals surface area contributed by atoms with Gasteiger partial charge in [-0.25, -0.2) is 14.2 Å². The number of benzene rings is 3. The molecule has 0 radical (unpaired) electrons. The lowest BCUT2D eigenvalue weighted by molar-refractivity contribution is 0.256. The van der Waals surface area contributed by atoms with E-state index in [-0.39, 0.29) is 10.9 Å². The number of aromatic hydroxyl groups is 1. The number of fused-ring (bicyclic) bond motifs is 2. The fourth-order valence-electron chi connectivity index (χ4n) is 4.61. The first kappa shape index (κ1) is 24.2. The highest BCUT2D eigenvalue weighted by atomic mass is 35.5. The van der Waals surface area contributed by atoms with Crippen LogP contribution in [0.2, 0.25) is 5.02 Å². The second-order valence-corrected chi connectivity index (χ2v) is 10.9. The first-order valence-corrected chi connectivity index (χ1v) is 12.5. The fraction of sp³-hybridized carbons (Fsp3) is 0.160. The number of hydrogen-bond donors (Lipinski definition) is 4. The fourth-order valence-corrected chi connectivity index (χ4v) is 5.87. The number of thiocarbonyl (C=S) groups is 1. The van der Waals surface area contributed by atoms with Gasteiger partial charge in [-0.3, -0.25) is 5.32 Å². The van der Waals surface area contributed by atoms with E-state index in [1.54, 1.807) is 24.3 Å². The van der Waals surface area contributed by atoms with Gasteiger partial charge < -0.3 is 21.1 Å². The number of carbonyl (C=O) groups excluding carboxylic acids is 1. The quantitative estimate of drug-likeness (QED) is 0.228. The monoisotopic (exact) mass is 541 g/mol. The Morgan fingerprint density at radius 3 is 2.78 bits per heavy atom. The van der Waals surface area contributed by atoms with Crippen LogP contribution in [0.4, 0.5) is 26.2 Å². The maximum atomic E-state index is 15.5.